The summed E-state index contributed by atoms with van der Waals surface area (Å²) in [6, 6.07) is 5.37. The van der Waals surface area contributed by atoms with Gasteiger partial charge in [0, 0.05) is 0 Å². The number of H-pyrrole nitrogens is 1. The van der Waals surface area contributed by atoms with E-state index < -0.39 is 5.91 Å². The number of aromatic nitrogens is 2. The van der Waals surface area contributed by atoms with E-state index in [2.05, 4.69) is 10.2 Å². The highest BCUT2D eigenvalue weighted by Gasteiger charge is 2.14. The summed E-state index contributed by atoms with van der Waals surface area (Å²) < 4.78 is 5.11. The predicted octanol–water partition coefficient (Wildman–Crippen LogP) is 0.670. The second-order valence-electron chi connectivity index (χ2n) is 2.82. The van der Waals surface area contributed by atoms with E-state index in [0.29, 0.717) is 11.1 Å². The molecule has 1 aromatic heterocycles. The minimum Gasteiger partial charge on any atom is -0.496 e. The molecule has 2 rings (SSSR count). The van der Waals surface area contributed by atoms with Crippen LogP contribution in [0.1, 0.15) is 10.5 Å². The zero-order chi connectivity index (χ0) is 10.1. The normalized spacial score (nSPS) is 10.4. The molecule has 0 saturated carbocycles. The summed E-state index contributed by atoms with van der Waals surface area (Å²) in [4.78, 5) is 11.0. The topological polar surface area (TPSA) is 81.0 Å². The van der Waals surface area contributed by atoms with E-state index in [0.717, 1.165) is 5.52 Å². The summed E-state index contributed by atoms with van der Waals surface area (Å²) in [5, 5.41) is 7.16. The summed E-state index contributed by atoms with van der Waals surface area (Å²) >= 11 is 0. The molecular formula is C9H9N3O2. The van der Waals surface area contributed by atoms with E-state index >= 15 is 0 Å². The van der Waals surface area contributed by atoms with Crippen molar-refractivity contribution >= 4 is 16.8 Å². The lowest BCUT2D eigenvalue weighted by molar-refractivity contribution is 0.0997. The van der Waals surface area contributed by atoms with E-state index in [1.807, 2.05) is 6.07 Å². The fourth-order valence-corrected chi connectivity index (χ4v) is 1.39. The Kier molecular flexibility index (Phi) is 1.85. The number of nitrogens with zero attached hydrogens (tertiary/aromatic N) is 1. The molecule has 0 radical (unpaired) electrons. The lowest BCUT2D eigenvalue weighted by atomic mass is 10.2. The molecule has 1 aromatic carbocycles. The van der Waals surface area contributed by atoms with E-state index in [-0.39, 0.29) is 5.69 Å². The van der Waals surface area contributed by atoms with Crippen LogP contribution < -0.4 is 10.5 Å². The van der Waals surface area contributed by atoms with Crippen LogP contribution in [0.25, 0.3) is 10.9 Å². The second kappa shape index (κ2) is 3.02. The molecule has 5 nitrogen and oxygen atoms in total. The molecule has 14 heavy (non-hydrogen) atoms. The van der Waals surface area contributed by atoms with Crippen LogP contribution >= 0.6 is 0 Å². The Hall–Kier alpha value is -2.04. The number of rotatable bonds is 2. The van der Waals surface area contributed by atoms with Gasteiger partial charge in [-0.3, -0.25) is 9.89 Å². The average Bonchev–Trinajstić information content (AvgIpc) is 2.60. The number of hydrogen-bond acceptors (Lipinski definition) is 3. The van der Waals surface area contributed by atoms with Crippen LogP contribution in [0, 0.1) is 0 Å². The fraction of sp³-hybridized carbons (Fsp3) is 0.111. The second-order valence-corrected chi connectivity index (χ2v) is 2.82. The number of methoxy groups -OCH3 is 1. The molecule has 72 valence electrons. The minimum atomic E-state index is -0.569. The Morgan fingerprint density at radius 1 is 1.57 bits per heavy atom. The number of ether oxygens (including phenoxy) is 1. The van der Waals surface area contributed by atoms with Crippen LogP contribution in [0.3, 0.4) is 0 Å². The number of benzene rings is 1. The Morgan fingerprint density at radius 3 is 3.00 bits per heavy atom. The lowest BCUT2D eigenvalue weighted by Crippen LogP contribution is -2.11. The van der Waals surface area contributed by atoms with Crippen molar-refractivity contribution in [1.29, 1.82) is 0 Å². The maximum absolute atomic E-state index is 11.0. The van der Waals surface area contributed by atoms with E-state index in [4.69, 9.17) is 10.5 Å². The van der Waals surface area contributed by atoms with Crippen molar-refractivity contribution in [3.8, 4) is 5.75 Å². The highest BCUT2D eigenvalue weighted by molar-refractivity contribution is 6.06. The van der Waals surface area contributed by atoms with Crippen molar-refractivity contribution in [2.45, 2.75) is 0 Å². The van der Waals surface area contributed by atoms with Gasteiger partial charge in [-0.25, -0.2) is 0 Å². The van der Waals surface area contributed by atoms with Crippen LogP contribution in [-0.4, -0.2) is 23.2 Å². The number of fused-ring (bicyclic) bond motifs is 1. The van der Waals surface area contributed by atoms with Crippen LogP contribution in [0.2, 0.25) is 0 Å². The summed E-state index contributed by atoms with van der Waals surface area (Å²) in [7, 11) is 1.53. The maximum Gasteiger partial charge on any atom is 0.269 e. The molecule has 5 heteroatoms. The van der Waals surface area contributed by atoms with Gasteiger partial charge in [-0.2, -0.15) is 5.10 Å². The Morgan fingerprint density at radius 2 is 2.36 bits per heavy atom. The molecule has 0 aliphatic rings. The summed E-state index contributed by atoms with van der Waals surface area (Å²) in [5.74, 6) is 0.0193. The molecule has 0 fully saturated rings. The molecule has 0 unspecified atom stereocenters. The predicted molar refractivity (Wildman–Crippen MR) is 51.2 cm³/mol. The van der Waals surface area contributed by atoms with Crippen LogP contribution in [-0.2, 0) is 0 Å². The van der Waals surface area contributed by atoms with Gasteiger partial charge in [0.05, 0.1) is 18.0 Å². The van der Waals surface area contributed by atoms with Gasteiger partial charge in [0.25, 0.3) is 5.91 Å². The molecule has 0 aliphatic heterocycles. The number of amides is 1. The number of carbonyl (C=O) groups excluding carboxylic acids is 1. The number of nitrogens with one attached hydrogen (secondary N) is 1. The average molecular weight is 191 g/mol. The van der Waals surface area contributed by atoms with Gasteiger partial charge >= 0.3 is 0 Å². The largest absolute Gasteiger partial charge is 0.496 e. The van der Waals surface area contributed by atoms with E-state index in [1.54, 1.807) is 12.1 Å². The first-order chi connectivity index (χ1) is 6.74. The first kappa shape index (κ1) is 8.55. The molecule has 0 bridgehead atoms. The summed E-state index contributed by atoms with van der Waals surface area (Å²) in [6.07, 6.45) is 0. The number of aromatic amines is 1. The van der Waals surface area contributed by atoms with Gasteiger partial charge in [-0.15, -0.1) is 0 Å². The van der Waals surface area contributed by atoms with Crippen LogP contribution in [0.4, 0.5) is 0 Å². The first-order valence-corrected chi connectivity index (χ1v) is 4.05. The highest BCUT2D eigenvalue weighted by Crippen LogP contribution is 2.26. The van der Waals surface area contributed by atoms with E-state index in [9.17, 15) is 4.79 Å². The SMILES string of the molecule is COc1cccc2[nH]nc(C(N)=O)c12. The van der Waals surface area contributed by atoms with Gasteiger partial charge in [-0.05, 0) is 12.1 Å². The standard InChI is InChI=1S/C9H9N3O2/c1-14-6-4-2-3-5-7(6)8(9(10)13)12-11-5/h2-4H,1H3,(H2,10,13)(H,11,12). The lowest BCUT2D eigenvalue weighted by Gasteiger charge is -2.00. The van der Waals surface area contributed by atoms with Crippen molar-refractivity contribution in [2.75, 3.05) is 7.11 Å². The van der Waals surface area contributed by atoms with Crippen molar-refractivity contribution in [1.82, 2.24) is 10.2 Å². The van der Waals surface area contributed by atoms with Crippen LogP contribution in [0.5, 0.6) is 5.75 Å². The van der Waals surface area contributed by atoms with Crippen LogP contribution in [0.15, 0.2) is 18.2 Å². The van der Waals surface area contributed by atoms with Crippen molar-refractivity contribution in [3.63, 3.8) is 0 Å². The Balaban J connectivity index is 2.81. The number of primary amides is 1. The molecule has 2 aromatic rings. The van der Waals surface area contributed by atoms with Gasteiger partial charge in [0.1, 0.15) is 5.75 Å². The quantitative estimate of drug-likeness (QED) is 0.732. The number of carbonyl (C=O) groups is 1. The molecule has 1 heterocycles. The van der Waals surface area contributed by atoms with Gasteiger partial charge < -0.3 is 10.5 Å². The molecular weight excluding hydrogens is 182 g/mol. The third kappa shape index (κ3) is 1.10. The minimum absolute atomic E-state index is 0.206. The smallest absolute Gasteiger partial charge is 0.269 e. The van der Waals surface area contributed by atoms with E-state index in [1.165, 1.54) is 7.11 Å². The van der Waals surface area contributed by atoms with Gasteiger partial charge in [0.2, 0.25) is 0 Å². The summed E-state index contributed by atoms with van der Waals surface area (Å²) in [6.45, 7) is 0. The maximum atomic E-state index is 11.0. The monoisotopic (exact) mass is 191 g/mol. The van der Waals surface area contributed by atoms with Gasteiger partial charge in [0.15, 0.2) is 5.69 Å². The molecule has 3 N–H and O–H groups in total. The van der Waals surface area contributed by atoms with Crippen molar-refractivity contribution < 1.29 is 9.53 Å². The highest BCUT2D eigenvalue weighted by atomic mass is 16.5. The first-order valence-electron chi connectivity index (χ1n) is 4.05. The molecule has 0 aliphatic carbocycles. The number of nitrogens with two attached hydrogens (primary N) is 1. The van der Waals surface area contributed by atoms with Crippen molar-refractivity contribution in [3.05, 3.63) is 23.9 Å². The Labute approximate surface area is 79.9 Å². The van der Waals surface area contributed by atoms with Gasteiger partial charge in [-0.1, -0.05) is 6.07 Å². The summed E-state index contributed by atoms with van der Waals surface area (Å²) in [5.41, 5.74) is 6.11. The molecule has 0 saturated heterocycles. The Bertz CT molecular complexity index is 490. The van der Waals surface area contributed by atoms with Crippen molar-refractivity contribution in [2.24, 2.45) is 5.73 Å². The molecule has 0 atom stereocenters. The molecule has 0 spiro atoms. The number of hydrogen-bond donors (Lipinski definition) is 2. The molecule has 1 amide bonds. The zero-order valence-electron chi connectivity index (χ0n) is 7.57. The third-order valence-electron chi connectivity index (χ3n) is 2.00. The zero-order valence-corrected chi connectivity index (χ0v) is 7.57. The fourth-order valence-electron chi connectivity index (χ4n) is 1.39. The third-order valence-corrected chi connectivity index (χ3v) is 2.00.